The summed E-state index contributed by atoms with van der Waals surface area (Å²) in [5.41, 5.74) is 4.95. The summed E-state index contributed by atoms with van der Waals surface area (Å²) in [6, 6.07) is 11.3. The van der Waals surface area contributed by atoms with Crippen LogP contribution in [0.4, 0.5) is 17.6 Å². The Bertz CT molecular complexity index is 1310. The van der Waals surface area contributed by atoms with Crippen LogP contribution in [-0.4, -0.2) is 27.6 Å². The monoisotopic (exact) mass is 483 g/mol. The molecule has 0 bridgehead atoms. The van der Waals surface area contributed by atoms with Crippen LogP contribution in [0.3, 0.4) is 0 Å². The zero-order valence-electron chi connectivity index (χ0n) is 19.4. The summed E-state index contributed by atoms with van der Waals surface area (Å²) in [5, 5.41) is 4.54. The van der Waals surface area contributed by atoms with Crippen LogP contribution in [0.1, 0.15) is 48.1 Å². The van der Waals surface area contributed by atoms with Crippen LogP contribution in [0.2, 0.25) is 0 Å². The van der Waals surface area contributed by atoms with Crippen LogP contribution in [0.5, 0.6) is 0 Å². The van der Waals surface area contributed by atoms with Crippen LogP contribution in [0, 0.1) is 11.7 Å². The molecule has 35 heavy (non-hydrogen) atoms. The fourth-order valence-corrected chi connectivity index (χ4v) is 5.48. The molecule has 0 unspecified atom stereocenters. The minimum atomic E-state index is -4.42. The minimum absolute atomic E-state index is 0.00126. The van der Waals surface area contributed by atoms with Gasteiger partial charge < -0.3 is 4.90 Å². The van der Waals surface area contributed by atoms with E-state index < -0.39 is 11.7 Å². The lowest BCUT2D eigenvalue weighted by Crippen LogP contribution is -2.33. The summed E-state index contributed by atoms with van der Waals surface area (Å²) in [6.07, 6.45) is -0.444. The van der Waals surface area contributed by atoms with Gasteiger partial charge in [-0.05, 0) is 54.8 Å². The topological polar surface area (TPSA) is 38.1 Å². The van der Waals surface area contributed by atoms with Crippen molar-refractivity contribution in [2.45, 2.75) is 44.8 Å². The summed E-state index contributed by atoms with van der Waals surface area (Å²) in [4.78, 5) is 14.9. The van der Waals surface area contributed by atoms with Crippen molar-refractivity contribution in [1.82, 2.24) is 14.7 Å². The Hall–Kier alpha value is -3.42. The Labute approximate surface area is 200 Å². The van der Waals surface area contributed by atoms with Gasteiger partial charge in [-0.1, -0.05) is 30.2 Å². The second-order valence-electron chi connectivity index (χ2n) is 9.38. The number of benzene rings is 2. The molecular weight excluding hydrogens is 458 g/mol. The lowest BCUT2D eigenvalue weighted by atomic mass is 9.79. The Morgan fingerprint density at radius 3 is 2.63 bits per heavy atom. The average Bonchev–Trinajstić information content (AvgIpc) is 3.44. The Morgan fingerprint density at radius 1 is 1.17 bits per heavy atom. The van der Waals surface area contributed by atoms with Gasteiger partial charge in [-0.25, -0.2) is 9.07 Å². The smallest absolute Gasteiger partial charge is 0.341 e. The van der Waals surface area contributed by atoms with E-state index in [1.807, 2.05) is 10.9 Å². The maximum atomic E-state index is 13.4. The number of aromatic nitrogens is 2. The fraction of sp³-hybridized carbons (Fsp3) is 0.333. The van der Waals surface area contributed by atoms with Crippen LogP contribution >= 0.6 is 0 Å². The number of alkyl halides is 3. The maximum Gasteiger partial charge on any atom is 0.416 e. The second kappa shape index (κ2) is 8.66. The standard InChI is InChI=1S/C27H25F4N3O/c1-16-23-14-32-34(21-9-7-20(28)8-10-21)24(23)13-18-6-11-22(25(16)18)26(35)33(2)15-17-4-3-5-19(12-17)27(29,30)31/h3-5,7-10,12,14,16,22H,6,11,13,15H2,1-2H3/t16-,22+/m0/s1. The van der Waals surface area contributed by atoms with Gasteiger partial charge in [0.15, 0.2) is 0 Å². The van der Waals surface area contributed by atoms with Crippen molar-refractivity contribution in [1.29, 1.82) is 0 Å². The van der Waals surface area contributed by atoms with Crippen molar-refractivity contribution in [2.24, 2.45) is 5.92 Å². The van der Waals surface area contributed by atoms with E-state index in [0.29, 0.717) is 18.4 Å². The molecule has 0 saturated carbocycles. The van der Waals surface area contributed by atoms with Crippen LogP contribution in [0.25, 0.3) is 5.69 Å². The molecule has 2 aliphatic rings. The van der Waals surface area contributed by atoms with E-state index in [0.717, 1.165) is 41.1 Å². The van der Waals surface area contributed by atoms with Crippen LogP contribution in [-0.2, 0) is 23.9 Å². The SMILES string of the molecule is C[C@@H]1C2=C(CC[C@H]2C(=O)N(C)Cc2cccc(C(F)(F)F)c2)Cc2c1cnn2-c1ccc(F)cc1. The number of amides is 1. The number of carbonyl (C=O) groups excluding carboxylic acids is 1. The molecule has 3 aromatic rings. The normalized spacial score (nSPS) is 19.5. The fourth-order valence-electron chi connectivity index (χ4n) is 5.48. The molecular formula is C27H25F4N3O. The van der Waals surface area contributed by atoms with Crippen molar-refractivity contribution in [2.75, 3.05) is 7.05 Å². The molecule has 182 valence electrons. The number of allylic oxidation sites excluding steroid dienone is 1. The van der Waals surface area contributed by atoms with E-state index in [1.54, 1.807) is 25.2 Å². The van der Waals surface area contributed by atoms with Crippen LogP contribution < -0.4 is 0 Å². The molecule has 1 amide bonds. The van der Waals surface area contributed by atoms with Crippen molar-refractivity contribution >= 4 is 5.91 Å². The molecule has 4 nitrogen and oxygen atoms in total. The summed E-state index contributed by atoms with van der Waals surface area (Å²) in [5.74, 6) is -0.673. The van der Waals surface area contributed by atoms with Crippen molar-refractivity contribution in [3.05, 3.63) is 94.1 Å². The lowest BCUT2D eigenvalue weighted by Gasteiger charge is -2.29. The average molecular weight is 484 g/mol. The van der Waals surface area contributed by atoms with E-state index in [2.05, 4.69) is 12.0 Å². The van der Waals surface area contributed by atoms with Crippen molar-refractivity contribution in [3.63, 3.8) is 0 Å². The maximum absolute atomic E-state index is 13.4. The highest BCUT2D eigenvalue weighted by atomic mass is 19.4. The van der Waals surface area contributed by atoms with Crippen molar-refractivity contribution in [3.8, 4) is 5.69 Å². The highest BCUT2D eigenvalue weighted by Crippen LogP contribution is 2.47. The summed E-state index contributed by atoms with van der Waals surface area (Å²) < 4.78 is 54.4. The first-order valence-corrected chi connectivity index (χ1v) is 11.6. The molecule has 0 aliphatic heterocycles. The first-order chi connectivity index (χ1) is 16.6. The minimum Gasteiger partial charge on any atom is -0.341 e. The summed E-state index contributed by atoms with van der Waals surface area (Å²) in [7, 11) is 1.65. The molecule has 1 aromatic heterocycles. The number of rotatable bonds is 4. The van der Waals surface area contributed by atoms with Gasteiger partial charge in [0.05, 0.1) is 29.1 Å². The van der Waals surface area contributed by atoms with Gasteiger partial charge in [0, 0.05) is 31.5 Å². The third-order valence-corrected chi connectivity index (χ3v) is 7.15. The van der Waals surface area contributed by atoms with E-state index in [4.69, 9.17) is 0 Å². The van der Waals surface area contributed by atoms with Gasteiger partial charge in [0.25, 0.3) is 0 Å². The molecule has 5 rings (SSSR count). The lowest BCUT2D eigenvalue weighted by molar-refractivity contribution is -0.137. The predicted octanol–water partition coefficient (Wildman–Crippen LogP) is 6.06. The highest BCUT2D eigenvalue weighted by molar-refractivity contribution is 5.83. The molecule has 0 fully saturated rings. The predicted molar refractivity (Wildman–Crippen MR) is 123 cm³/mol. The number of carbonyl (C=O) groups is 1. The van der Waals surface area contributed by atoms with Gasteiger partial charge in [-0.2, -0.15) is 18.3 Å². The molecule has 0 radical (unpaired) electrons. The molecule has 8 heteroatoms. The third-order valence-electron chi connectivity index (χ3n) is 7.15. The molecule has 0 saturated heterocycles. The van der Waals surface area contributed by atoms with E-state index in [1.165, 1.54) is 28.7 Å². The van der Waals surface area contributed by atoms with Gasteiger partial charge in [0.2, 0.25) is 5.91 Å². The van der Waals surface area contributed by atoms with Gasteiger partial charge in [0.1, 0.15) is 5.82 Å². The van der Waals surface area contributed by atoms with E-state index in [-0.39, 0.29) is 30.1 Å². The van der Waals surface area contributed by atoms with Crippen molar-refractivity contribution < 1.29 is 22.4 Å². The number of nitrogens with zero attached hydrogens (tertiary/aromatic N) is 3. The summed E-state index contributed by atoms with van der Waals surface area (Å²) >= 11 is 0. The second-order valence-corrected chi connectivity index (χ2v) is 9.38. The van der Waals surface area contributed by atoms with Gasteiger partial charge in [-0.15, -0.1) is 0 Å². The first kappa shape index (κ1) is 23.3. The molecule has 2 aromatic carbocycles. The zero-order valence-corrected chi connectivity index (χ0v) is 19.4. The number of halogens is 4. The molecule has 2 atom stereocenters. The van der Waals surface area contributed by atoms with Crippen LogP contribution in [0.15, 0.2) is 65.9 Å². The molecule has 2 aliphatic carbocycles. The quantitative estimate of drug-likeness (QED) is 0.335. The van der Waals surface area contributed by atoms with Gasteiger partial charge in [-0.3, -0.25) is 4.79 Å². The molecule has 0 N–H and O–H groups in total. The number of hydrogen-bond donors (Lipinski definition) is 0. The van der Waals surface area contributed by atoms with E-state index in [9.17, 15) is 22.4 Å². The Balaban J connectivity index is 1.36. The number of hydrogen-bond acceptors (Lipinski definition) is 2. The first-order valence-electron chi connectivity index (χ1n) is 11.6. The third kappa shape index (κ3) is 4.26. The largest absolute Gasteiger partial charge is 0.416 e. The van der Waals surface area contributed by atoms with Gasteiger partial charge >= 0.3 is 6.18 Å². The Kier molecular flexibility index (Phi) is 5.77. The van der Waals surface area contributed by atoms with E-state index >= 15 is 0 Å². The Morgan fingerprint density at radius 2 is 1.91 bits per heavy atom. The summed E-state index contributed by atoms with van der Waals surface area (Å²) in [6.45, 7) is 2.19. The number of fused-ring (bicyclic) bond motifs is 1. The molecule has 1 heterocycles. The highest BCUT2D eigenvalue weighted by Gasteiger charge is 2.40. The molecule has 0 spiro atoms. The zero-order chi connectivity index (χ0) is 24.9.